The van der Waals surface area contributed by atoms with Crippen LogP contribution in [0.5, 0.6) is 0 Å². The molecule has 0 bridgehead atoms. The molecule has 2 nitrogen and oxygen atoms in total. The van der Waals surface area contributed by atoms with Gasteiger partial charge in [0.05, 0.1) is 10.2 Å². The molecular weight excluding hydrogens is 224 g/mol. The lowest BCUT2D eigenvalue weighted by Crippen LogP contribution is -2.12. The average molecular weight is 238 g/mol. The van der Waals surface area contributed by atoms with Gasteiger partial charge in [-0.3, -0.25) is 0 Å². The monoisotopic (exact) mass is 238 g/mol. The summed E-state index contributed by atoms with van der Waals surface area (Å²) in [6.07, 6.45) is 0. The van der Waals surface area contributed by atoms with E-state index in [4.69, 9.17) is 5.73 Å². The first-order valence-electron chi connectivity index (χ1n) is 4.98. The molecular formula is C11H14N2S2. The highest BCUT2D eigenvalue weighted by molar-refractivity contribution is 8.01. The zero-order valence-corrected chi connectivity index (χ0v) is 10.3. The molecule has 0 aliphatic heterocycles. The van der Waals surface area contributed by atoms with Crippen LogP contribution in [0.4, 0.5) is 0 Å². The van der Waals surface area contributed by atoms with Crippen molar-refractivity contribution < 1.29 is 0 Å². The van der Waals surface area contributed by atoms with Crippen LogP contribution in [0.25, 0.3) is 10.2 Å². The molecule has 0 radical (unpaired) electrons. The highest BCUT2D eigenvalue weighted by atomic mass is 32.2. The maximum Gasteiger partial charge on any atom is 0.151 e. The van der Waals surface area contributed by atoms with E-state index in [1.165, 1.54) is 4.70 Å². The number of thiazole rings is 1. The van der Waals surface area contributed by atoms with E-state index >= 15 is 0 Å². The van der Waals surface area contributed by atoms with Gasteiger partial charge in [0.15, 0.2) is 4.34 Å². The van der Waals surface area contributed by atoms with E-state index in [1.807, 2.05) is 6.07 Å². The number of nitrogens with zero attached hydrogens (tertiary/aromatic N) is 1. The summed E-state index contributed by atoms with van der Waals surface area (Å²) in [6, 6.07) is 8.25. The highest BCUT2D eigenvalue weighted by Crippen LogP contribution is 2.30. The van der Waals surface area contributed by atoms with Crippen molar-refractivity contribution in [3.05, 3.63) is 24.3 Å². The van der Waals surface area contributed by atoms with E-state index < -0.39 is 0 Å². The van der Waals surface area contributed by atoms with E-state index in [9.17, 15) is 0 Å². The van der Waals surface area contributed by atoms with Gasteiger partial charge >= 0.3 is 0 Å². The normalized spacial score (nSPS) is 13.2. The fourth-order valence-electron chi connectivity index (χ4n) is 1.19. The number of para-hydroxylation sites is 1. The topological polar surface area (TPSA) is 38.9 Å². The van der Waals surface area contributed by atoms with Gasteiger partial charge in [-0.1, -0.05) is 30.8 Å². The molecule has 4 heteroatoms. The Morgan fingerprint density at radius 2 is 2.27 bits per heavy atom. The first-order valence-corrected chi connectivity index (χ1v) is 6.78. The van der Waals surface area contributed by atoms with Crippen molar-refractivity contribution >= 4 is 33.3 Å². The summed E-state index contributed by atoms with van der Waals surface area (Å²) in [5, 5.41) is 0. The van der Waals surface area contributed by atoms with Gasteiger partial charge in [0.1, 0.15) is 0 Å². The van der Waals surface area contributed by atoms with Crippen molar-refractivity contribution in [2.75, 3.05) is 12.3 Å². The molecule has 0 aliphatic rings. The Balaban J connectivity index is 2.09. The summed E-state index contributed by atoms with van der Waals surface area (Å²) in [5.74, 6) is 1.61. The number of nitrogens with two attached hydrogens (primary N) is 1. The maximum absolute atomic E-state index is 5.58. The molecule has 2 rings (SSSR count). The standard InChI is InChI=1S/C11H14N2S2/c1-8(6-12)7-14-11-13-9-4-2-3-5-10(9)15-11/h2-5,8H,6-7,12H2,1H3. The second-order valence-corrected chi connectivity index (χ2v) is 5.90. The third kappa shape index (κ3) is 2.71. The Kier molecular flexibility index (Phi) is 3.61. The van der Waals surface area contributed by atoms with E-state index in [1.54, 1.807) is 23.1 Å². The van der Waals surface area contributed by atoms with Crippen molar-refractivity contribution in [1.29, 1.82) is 0 Å². The molecule has 0 aliphatic carbocycles. The number of thioether (sulfide) groups is 1. The molecule has 0 spiro atoms. The second kappa shape index (κ2) is 4.96. The van der Waals surface area contributed by atoms with Gasteiger partial charge in [0.25, 0.3) is 0 Å². The molecule has 1 aromatic heterocycles. The summed E-state index contributed by atoms with van der Waals surface area (Å²) < 4.78 is 2.41. The first kappa shape index (κ1) is 10.9. The predicted molar refractivity (Wildman–Crippen MR) is 68.6 cm³/mol. The van der Waals surface area contributed by atoms with Crippen LogP contribution in [-0.4, -0.2) is 17.3 Å². The number of aromatic nitrogens is 1. The number of fused-ring (bicyclic) bond motifs is 1. The molecule has 0 fully saturated rings. The number of hydrogen-bond donors (Lipinski definition) is 1. The van der Waals surface area contributed by atoms with Gasteiger partial charge in [-0.05, 0) is 24.6 Å². The first-order chi connectivity index (χ1) is 7.29. The minimum atomic E-state index is 0.557. The Labute approximate surface area is 97.9 Å². The molecule has 2 aromatic rings. The van der Waals surface area contributed by atoms with Crippen molar-refractivity contribution in [2.45, 2.75) is 11.3 Å². The average Bonchev–Trinajstić information content (AvgIpc) is 2.68. The molecule has 15 heavy (non-hydrogen) atoms. The lowest BCUT2D eigenvalue weighted by atomic mass is 10.2. The predicted octanol–water partition coefficient (Wildman–Crippen LogP) is 2.98. The largest absolute Gasteiger partial charge is 0.330 e. The minimum absolute atomic E-state index is 0.557. The van der Waals surface area contributed by atoms with Crippen molar-refractivity contribution in [3.8, 4) is 0 Å². The third-order valence-electron chi connectivity index (χ3n) is 2.17. The van der Waals surface area contributed by atoms with Crippen molar-refractivity contribution in [1.82, 2.24) is 4.98 Å². The molecule has 1 unspecified atom stereocenters. The molecule has 0 saturated heterocycles. The highest BCUT2D eigenvalue weighted by Gasteiger charge is 2.05. The zero-order chi connectivity index (χ0) is 10.7. The summed E-state index contributed by atoms with van der Waals surface area (Å²) in [4.78, 5) is 4.56. The fourth-order valence-corrected chi connectivity index (χ4v) is 3.33. The van der Waals surface area contributed by atoms with Crippen molar-refractivity contribution in [2.24, 2.45) is 11.7 Å². The van der Waals surface area contributed by atoms with E-state index in [0.717, 1.165) is 22.2 Å². The van der Waals surface area contributed by atoms with E-state index in [-0.39, 0.29) is 0 Å². The van der Waals surface area contributed by atoms with Crippen molar-refractivity contribution in [3.63, 3.8) is 0 Å². The van der Waals surface area contributed by atoms with Crippen LogP contribution in [0.1, 0.15) is 6.92 Å². The zero-order valence-electron chi connectivity index (χ0n) is 8.64. The number of rotatable bonds is 4. The quantitative estimate of drug-likeness (QED) is 0.832. The van der Waals surface area contributed by atoms with Crippen LogP contribution < -0.4 is 5.73 Å². The van der Waals surface area contributed by atoms with Crippen LogP contribution in [0, 0.1) is 5.92 Å². The smallest absolute Gasteiger partial charge is 0.151 e. The Morgan fingerprint density at radius 1 is 1.47 bits per heavy atom. The lowest BCUT2D eigenvalue weighted by Gasteiger charge is -2.04. The minimum Gasteiger partial charge on any atom is -0.330 e. The van der Waals surface area contributed by atoms with Crippen LogP contribution in [-0.2, 0) is 0 Å². The van der Waals surface area contributed by atoms with Gasteiger partial charge in [-0.2, -0.15) is 0 Å². The van der Waals surface area contributed by atoms with Gasteiger partial charge in [-0.15, -0.1) is 11.3 Å². The van der Waals surface area contributed by atoms with E-state index in [0.29, 0.717) is 5.92 Å². The van der Waals surface area contributed by atoms with Crippen LogP contribution >= 0.6 is 23.1 Å². The molecule has 1 atom stereocenters. The summed E-state index contributed by atoms with van der Waals surface area (Å²) in [6.45, 7) is 2.91. The van der Waals surface area contributed by atoms with Gasteiger partial charge in [-0.25, -0.2) is 4.98 Å². The Bertz CT molecular complexity index is 406. The fraction of sp³-hybridized carbons (Fsp3) is 0.364. The molecule has 80 valence electrons. The number of benzene rings is 1. The van der Waals surface area contributed by atoms with Crippen LogP contribution in [0.15, 0.2) is 28.6 Å². The molecule has 1 heterocycles. The Morgan fingerprint density at radius 3 is 3.00 bits per heavy atom. The van der Waals surface area contributed by atoms with Gasteiger partial charge in [0, 0.05) is 5.75 Å². The summed E-state index contributed by atoms with van der Waals surface area (Å²) >= 11 is 3.57. The molecule has 0 amide bonds. The van der Waals surface area contributed by atoms with Crippen LogP contribution in [0.3, 0.4) is 0 Å². The lowest BCUT2D eigenvalue weighted by molar-refractivity contribution is 0.675. The summed E-state index contributed by atoms with van der Waals surface area (Å²) in [7, 11) is 0. The van der Waals surface area contributed by atoms with Crippen LogP contribution in [0.2, 0.25) is 0 Å². The van der Waals surface area contributed by atoms with E-state index in [2.05, 4.69) is 30.1 Å². The molecule has 2 N–H and O–H groups in total. The van der Waals surface area contributed by atoms with Gasteiger partial charge in [0.2, 0.25) is 0 Å². The van der Waals surface area contributed by atoms with Gasteiger partial charge < -0.3 is 5.73 Å². The maximum atomic E-state index is 5.58. The molecule has 1 aromatic carbocycles. The second-order valence-electron chi connectivity index (χ2n) is 3.60. The number of hydrogen-bond acceptors (Lipinski definition) is 4. The molecule has 0 saturated carbocycles. The Hall–Kier alpha value is -0.580. The third-order valence-corrected chi connectivity index (χ3v) is 4.68. The summed E-state index contributed by atoms with van der Waals surface area (Å²) in [5.41, 5.74) is 6.68. The SMILES string of the molecule is CC(CN)CSc1nc2ccccc2s1.